The summed E-state index contributed by atoms with van der Waals surface area (Å²) in [7, 11) is 0. The fraction of sp³-hybridized carbons (Fsp3) is 0.455. The largest absolute Gasteiger partial charge is 0.457 e. The molecule has 0 radical (unpaired) electrons. The number of piperidine rings is 1. The van der Waals surface area contributed by atoms with E-state index >= 15 is 0 Å². The van der Waals surface area contributed by atoms with Gasteiger partial charge in [-0.2, -0.15) is 0 Å². The highest BCUT2D eigenvalue weighted by atomic mass is 16.5. The Balaban J connectivity index is 1.31. The summed E-state index contributed by atoms with van der Waals surface area (Å²) in [4.78, 5) is 5.31. The van der Waals surface area contributed by atoms with Crippen molar-refractivity contribution in [3.8, 4) is 11.5 Å². The molecule has 0 aromatic heterocycles. The van der Waals surface area contributed by atoms with Crippen molar-refractivity contribution < 1.29 is 4.74 Å². The molecule has 4 rings (SSSR count). The van der Waals surface area contributed by atoms with Crippen molar-refractivity contribution >= 4 is 0 Å². The van der Waals surface area contributed by atoms with Crippen molar-refractivity contribution in [1.82, 2.24) is 9.80 Å². The smallest absolute Gasteiger partial charge is 0.127 e. The molecule has 2 aliphatic heterocycles. The summed E-state index contributed by atoms with van der Waals surface area (Å²) in [5, 5.41) is 0. The summed E-state index contributed by atoms with van der Waals surface area (Å²) in [6.07, 6.45) is 5.43. The van der Waals surface area contributed by atoms with Gasteiger partial charge in [-0.3, -0.25) is 4.90 Å². The van der Waals surface area contributed by atoms with E-state index in [0.29, 0.717) is 0 Å². The lowest BCUT2D eigenvalue weighted by Crippen LogP contribution is -2.43. The topological polar surface area (TPSA) is 15.7 Å². The van der Waals surface area contributed by atoms with Crippen LogP contribution >= 0.6 is 0 Å². The number of nitrogens with zero attached hydrogens (tertiary/aromatic N) is 2. The molecule has 0 N–H and O–H groups in total. The van der Waals surface area contributed by atoms with Crippen molar-refractivity contribution in [1.29, 1.82) is 0 Å². The Kier molecular flexibility index (Phi) is 5.34. The number of rotatable bonds is 5. The maximum Gasteiger partial charge on any atom is 0.127 e. The zero-order chi connectivity index (χ0) is 16.9. The van der Waals surface area contributed by atoms with Crippen LogP contribution in [0, 0.1) is 0 Å². The Morgan fingerprint density at radius 1 is 0.800 bits per heavy atom. The van der Waals surface area contributed by atoms with Gasteiger partial charge < -0.3 is 9.64 Å². The van der Waals surface area contributed by atoms with Crippen LogP contribution in [0.3, 0.4) is 0 Å². The summed E-state index contributed by atoms with van der Waals surface area (Å²) in [5.41, 5.74) is 1.34. The lowest BCUT2D eigenvalue weighted by molar-refractivity contribution is 0.122. The van der Waals surface area contributed by atoms with E-state index in [4.69, 9.17) is 4.74 Å². The predicted octanol–water partition coefficient (Wildman–Crippen LogP) is 4.54. The van der Waals surface area contributed by atoms with Crippen LogP contribution < -0.4 is 4.74 Å². The van der Waals surface area contributed by atoms with Crippen LogP contribution in [-0.2, 0) is 6.54 Å². The quantitative estimate of drug-likeness (QED) is 0.797. The lowest BCUT2D eigenvalue weighted by Gasteiger charge is -2.36. The molecule has 2 aromatic carbocycles. The van der Waals surface area contributed by atoms with Crippen LogP contribution in [-0.4, -0.2) is 42.0 Å². The van der Waals surface area contributed by atoms with Crippen molar-refractivity contribution in [3.63, 3.8) is 0 Å². The van der Waals surface area contributed by atoms with E-state index in [9.17, 15) is 0 Å². The van der Waals surface area contributed by atoms with E-state index < -0.39 is 0 Å². The molecular formula is C22H28N2O. The fourth-order valence-corrected chi connectivity index (χ4v) is 4.14. The number of hydrogen-bond acceptors (Lipinski definition) is 3. The van der Waals surface area contributed by atoms with Gasteiger partial charge in [-0.15, -0.1) is 0 Å². The van der Waals surface area contributed by atoms with Gasteiger partial charge in [0.1, 0.15) is 11.5 Å². The summed E-state index contributed by atoms with van der Waals surface area (Å²) < 4.78 is 5.97. The molecular weight excluding hydrogens is 308 g/mol. The highest BCUT2D eigenvalue weighted by molar-refractivity contribution is 5.33. The Bertz CT molecular complexity index is 659. The highest BCUT2D eigenvalue weighted by Gasteiger charge is 2.26. The number of ether oxygens (including phenoxy) is 1. The van der Waals surface area contributed by atoms with Crippen LogP contribution in [0.5, 0.6) is 11.5 Å². The SMILES string of the molecule is c1ccc(Oc2cccc(CN3CCC(N4CCCC4)CC3)c2)cc1. The minimum Gasteiger partial charge on any atom is -0.457 e. The van der Waals surface area contributed by atoms with Gasteiger partial charge in [-0.1, -0.05) is 30.3 Å². The fourth-order valence-electron chi connectivity index (χ4n) is 4.14. The van der Waals surface area contributed by atoms with E-state index in [2.05, 4.69) is 28.0 Å². The number of para-hydroxylation sites is 1. The Hall–Kier alpha value is -1.84. The first-order valence-corrected chi connectivity index (χ1v) is 9.65. The molecule has 0 aliphatic carbocycles. The van der Waals surface area contributed by atoms with Crippen LogP contribution in [0.2, 0.25) is 0 Å². The molecule has 2 saturated heterocycles. The third-order valence-electron chi connectivity index (χ3n) is 5.50. The molecule has 0 spiro atoms. The Labute approximate surface area is 151 Å². The molecule has 2 aliphatic rings. The molecule has 0 saturated carbocycles. The van der Waals surface area contributed by atoms with Gasteiger partial charge in [-0.05, 0) is 81.7 Å². The second-order valence-corrected chi connectivity index (χ2v) is 7.31. The molecule has 2 fully saturated rings. The molecule has 3 nitrogen and oxygen atoms in total. The second-order valence-electron chi connectivity index (χ2n) is 7.31. The predicted molar refractivity (Wildman–Crippen MR) is 102 cm³/mol. The van der Waals surface area contributed by atoms with Crippen LogP contribution in [0.25, 0.3) is 0 Å². The third kappa shape index (κ3) is 4.42. The van der Waals surface area contributed by atoms with E-state index in [1.165, 1.54) is 57.4 Å². The van der Waals surface area contributed by atoms with E-state index in [0.717, 1.165) is 24.1 Å². The summed E-state index contributed by atoms with van der Waals surface area (Å²) >= 11 is 0. The first-order valence-electron chi connectivity index (χ1n) is 9.65. The maximum absolute atomic E-state index is 5.97. The van der Waals surface area contributed by atoms with Gasteiger partial charge in [-0.25, -0.2) is 0 Å². The minimum atomic E-state index is 0.825. The number of hydrogen-bond donors (Lipinski definition) is 0. The molecule has 0 bridgehead atoms. The van der Waals surface area contributed by atoms with E-state index in [1.54, 1.807) is 0 Å². The van der Waals surface area contributed by atoms with Gasteiger partial charge in [0.25, 0.3) is 0 Å². The zero-order valence-corrected chi connectivity index (χ0v) is 14.9. The average Bonchev–Trinajstić information content (AvgIpc) is 3.18. The van der Waals surface area contributed by atoms with Gasteiger partial charge in [0.2, 0.25) is 0 Å². The summed E-state index contributed by atoms with van der Waals surface area (Å²) in [5.74, 6) is 1.82. The second kappa shape index (κ2) is 8.03. The molecule has 25 heavy (non-hydrogen) atoms. The van der Waals surface area contributed by atoms with Crippen molar-refractivity contribution in [2.75, 3.05) is 26.2 Å². The zero-order valence-electron chi connectivity index (χ0n) is 14.9. The van der Waals surface area contributed by atoms with E-state index in [1.807, 2.05) is 36.4 Å². The first-order chi connectivity index (χ1) is 12.4. The summed E-state index contributed by atoms with van der Waals surface area (Å²) in [6.45, 7) is 6.10. The average molecular weight is 336 g/mol. The van der Waals surface area contributed by atoms with Crippen molar-refractivity contribution in [2.24, 2.45) is 0 Å². The van der Waals surface area contributed by atoms with Gasteiger partial charge in [0.05, 0.1) is 0 Å². The monoisotopic (exact) mass is 336 g/mol. The minimum absolute atomic E-state index is 0.825. The van der Waals surface area contributed by atoms with Crippen molar-refractivity contribution in [2.45, 2.75) is 38.3 Å². The number of likely N-dealkylation sites (tertiary alicyclic amines) is 2. The summed E-state index contributed by atoms with van der Waals surface area (Å²) in [6, 6.07) is 19.4. The van der Waals surface area contributed by atoms with Crippen LogP contribution in [0.15, 0.2) is 54.6 Å². The highest BCUT2D eigenvalue weighted by Crippen LogP contribution is 2.25. The van der Waals surface area contributed by atoms with Crippen molar-refractivity contribution in [3.05, 3.63) is 60.2 Å². The van der Waals surface area contributed by atoms with E-state index in [-0.39, 0.29) is 0 Å². The normalized spacial score (nSPS) is 20.0. The van der Waals surface area contributed by atoms with Crippen LogP contribution in [0.4, 0.5) is 0 Å². The molecule has 0 amide bonds. The molecule has 3 heteroatoms. The molecule has 132 valence electrons. The van der Waals surface area contributed by atoms with Gasteiger partial charge in [0, 0.05) is 12.6 Å². The molecule has 2 heterocycles. The maximum atomic E-state index is 5.97. The molecule has 0 atom stereocenters. The first kappa shape index (κ1) is 16.6. The molecule has 0 unspecified atom stereocenters. The lowest BCUT2D eigenvalue weighted by atomic mass is 10.0. The number of benzene rings is 2. The van der Waals surface area contributed by atoms with Gasteiger partial charge >= 0.3 is 0 Å². The standard InChI is InChI=1S/C22H28N2O/c1-2-8-21(9-3-1)25-22-10-6-7-19(17-22)18-23-15-11-20(12-16-23)24-13-4-5-14-24/h1-3,6-10,17,20H,4-5,11-16,18H2. The third-order valence-corrected chi connectivity index (χ3v) is 5.50. The van der Waals surface area contributed by atoms with Gasteiger partial charge in [0.15, 0.2) is 0 Å². The Morgan fingerprint density at radius 3 is 2.28 bits per heavy atom. The molecule has 2 aromatic rings. The van der Waals surface area contributed by atoms with Crippen LogP contribution in [0.1, 0.15) is 31.2 Å². The Morgan fingerprint density at radius 2 is 1.52 bits per heavy atom.